The summed E-state index contributed by atoms with van der Waals surface area (Å²) >= 11 is 0. The molecule has 8 nitrogen and oxygen atoms in total. The third kappa shape index (κ3) is 8.61. The molecule has 0 bridgehead atoms. The number of phenolic OH excluding ortho intramolecular Hbond substituents is 2. The fourth-order valence-corrected chi connectivity index (χ4v) is 4.36. The van der Waals surface area contributed by atoms with Crippen LogP contribution in [0.4, 0.5) is 8.78 Å². The van der Waals surface area contributed by atoms with Gasteiger partial charge in [0.15, 0.2) is 5.65 Å². The number of fused-ring (bicyclic) bond motifs is 1. The minimum atomic E-state index is -0.525. The summed E-state index contributed by atoms with van der Waals surface area (Å²) in [5, 5.41) is 34.0. The molecule has 2 aromatic heterocycles. The van der Waals surface area contributed by atoms with Crippen molar-refractivity contribution in [3.63, 3.8) is 0 Å². The Balaban J connectivity index is 0.000000461. The third-order valence-corrected chi connectivity index (χ3v) is 6.14. The maximum atomic E-state index is 13.7. The Morgan fingerprint density at radius 2 is 1.45 bits per heavy atom. The zero-order valence-corrected chi connectivity index (χ0v) is 25.6. The smallest absolute Gasteiger partial charge is 0.293 e. The molecule has 0 radical (unpaired) electrons. The van der Waals surface area contributed by atoms with E-state index in [1.165, 1.54) is 24.3 Å². The number of rotatable bonds is 6. The van der Waals surface area contributed by atoms with Gasteiger partial charge in [0.2, 0.25) is 0 Å². The normalized spacial score (nSPS) is 10.8. The van der Waals surface area contributed by atoms with E-state index in [0.29, 0.717) is 53.2 Å². The number of aliphatic hydroxyl groups is 1. The number of benzene rings is 3. The lowest BCUT2D eigenvalue weighted by molar-refractivity contribution is -0.128. The second kappa shape index (κ2) is 14.6. The largest absolute Gasteiger partial charge is 0.507 e. The predicted octanol–water partition coefficient (Wildman–Crippen LogP) is 7.25. The van der Waals surface area contributed by atoms with Crippen molar-refractivity contribution in [1.29, 1.82) is 0 Å². The van der Waals surface area contributed by atoms with Crippen LogP contribution in [0.3, 0.4) is 0 Å². The van der Waals surface area contributed by atoms with Gasteiger partial charge in [-0.25, -0.2) is 18.3 Å². The van der Waals surface area contributed by atoms with Gasteiger partial charge in [0, 0.05) is 40.6 Å². The molecule has 2 heterocycles. The van der Waals surface area contributed by atoms with E-state index in [9.17, 15) is 23.8 Å². The molecule has 0 aliphatic rings. The molecule has 0 saturated heterocycles. The van der Waals surface area contributed by atoms with Crippen LogP contribution in [0.15, 0.2) is 66.7 Å². The summed E-state index contributed by atoms with van der Waals surface area (Å²) in [6, 6.07) is 17.1. The summed E-state index contributed by atoms with van der Waals surface area (Å²) in [5.74, 6) is -1.36. The van der Waals surface area contributed by atoms with Gasteiger partial charge in [-0.15, -0.1) is 0 Å². The van der Waals surface area contributed by atoms with Crippen molar-refractivity contribution in [2.24, 2.45) is 0 Å². The van der Waals surface area contributed by atoms with E-state index >= 15 is 0 Å². The molecular formula is C34H37F2N3O5. The van der Waals surface area contributed by atoms with Crippen LogP contribution in [0.1, 0.15) is 45.9 Å². The van der Waals surface area contributed by atoms with Crippen LogP contribution in [-0.4, -0.2) is 48.6 Å². The first-order valence-corrected chi connectivity index (χ1v) is 14.0. The summed E-state index contributed by atoms with van der Waals surface area (Å²) in [6.45, 7) is 11.8. The Hall–Kier alpha value is -4.83. The van der Waals surface area contributed by atoms with Crippen LogP contribution < -0.4 is 0 Å². The molecule has 10 heteroatoms. The first kappa shape index (κ1) is 33.7. The summed E-state index contributed by atoms with van der Waals surface area (Å²) in [5.41, 5.74) is 5.52. The average molecular weight is 606 g/mol. The highest BCUT2D eigenvalue weighted by molar-refractivity contribution is 5.78. The second-order valence-corrected chi connectivity index (χ2v) is 10.8. The van der Waals surface area contributed by atoms with Crippen molar-refractivity contribution in [1.82, 2.24) is 14.6 Å². The van der Waals surface area contributed by atoms with E-state index in [0.717, 1.165) is 29.0 Å². The molecular weight excluding hydrogens is 568 g/mol. The number of halogens is 2. The standard InChI is InChI=1S/C27H21F2N3O2.C4H10O.C3H6O2/c1-3-20-15(2)30-26-14-23(31-32(26)27(20)22-10-8-19(29)13-25(22)34)17-6-4-5-16(11-17)21-9-7-18(28)12-24(21)33;1-4(2,3)5;1-2-5-3-4/h4-14,33-34H,3H2,1-2H3;5H,1-3H3;3H,2H2,1H3. The van der Waals surface area contributed by atoms with Gasteiger partial charge in [0.25, 0.3) is 6.47 Å². The molecule has 0 aliphatic carbocycles. The molecule has 44 heavy (non-hydrogen) atoms. The van der Waals surface area contributed by atoms with Crippen molar-refractivity contribution >= 4 is 12.1 Å². The molecule has 0 aliphatic heterocycles. The van der Waals surface area contributed by atoms with Crippen molar-refractivity contribution in [2.45, 2.75) is 53.6 Å². The lowest BCUT2D eigenvalue weighted by Crippen LogP contribution is -2.10. The van der Waals surface area contributed by atoms with Crippen LogP contribution >= 0.6 is 0 Å². The van der Waals surface area contributed by atoms with E-state index in [2.05, 4.69) is 4.74 Å². The molecule has 5 aromatic rings. The molecule has 3 aromatic carbocycles. The quantitative estimate of drug-likeness (QED) is 0.175. The summed E-state index contributed by atoms with van der Waals surface area (Å²) in [4.78, 5) is 13.9. The fourth-order valence-electron chi connectivity index (χ4n) is 4.36. The van der Waals surface area contributed by atoms with E-state index < -0.39 is 17.2 Å². The second-order valence-electron chi connectivity index (χ2n) is 10.8. The van der Waals surface area contributed by atoms with Crippen molar-refractivity contribution in [2.75, 3.05) is 6.61 Å². The maximum Gasteiger partial charge on any atom is 0.293 e. The number of carbonyl (C=O) groups excluding carboxylic acids is 1. The fraction of sp³-hybridized carbons (Fsp3) is 0.265. The number of hydrogen-bond acceptors (Lipinski definition) is 7. The van der Waals surface area contributed by atoms with Crippen molar-refractivity contribution in [3.8, 4) is 45.1 Å². The summed E-state index contributed by atoms with van der Waals surface area (Å²) < 4.78 is 32.9. The molecule has 0 atom stereocenters. The molecule has 232 valence electrons. The summed E-state index contributed by atoms with van der Waals surface area (Å²) in [7, 11) is 0. The van der Waals surface area contributed by atoms with Gasteiger partial charge in [-0.3, -0.25) is 4.79 Å². The van der Waals surface area contributed by atoms with Crippen LogP contribution in [0, 0.1) is 18.6 Å². The van der Waals surface area contributed by atoms with Crippen LogP contribution in [0.5, 0.6) is 11.5 Å². The number of ether oxygens (including phenoxy) is 1. The molecule has 0 unspecified atom stereocenters. The van der Waals surface area contributed by atoms with Gasteiger partial charge in [0.05, 0.1) is 23.6 Å². The maximum absolute atomic E-state index is 13.7. The molecule has 0 saturated carbocycles. The number of aromatic hydroxyl groups is 2. The third-order valence-electron chi connectivity index (χ3n) is 6.14. The topological polar surface area (TPSA) is 117 Å². The number of hydrogen-bond donors (Lipinski definition) is 3. The van der Waals surface area contributed by atoms with Crippen LogP contribution in [0.2, 0.25) is 0 Å². The van der Waals surface area contributed by atoms with Gasteiger partial charge in [0.1, 0.15) is 23.1 Å². The molecule has 0 spiro atoms. The highest BCUT2D eigenvalue weighted by Gasteiger charge is 2.19. The van der Waals surface area contributed by atoms with Crippen molar-refractivity contribution < 1.29 is 33.6 Å². The first-order valence-electron chi connectivity index (χ1n) is 14.0. The highest BCUT2D eigenvalue weighted by Crippen LogP contribution is 2.36. The zero-order chi connectivity index (χ0) is 32.6. The van der Waals surface area contributed by atoms with Crippen LogP contribution in [0.25, 0.3) is 39.3 Å². The number of aromatic nitrogens is 3. The van der Waals surface area contributed by atoms with E-state index in [1.807, 2.05) is 44.2 Å². The Labute approximate surface area is 255 Å². The number of phenols is 2. The SMILES string of the molecule is CC(C)(C)O.CCOC=O.CCc1c(C)nc2cc(-c3cccc(-c4ccc(F)cc4O)c3)nn2c1-c1ccc(F)cc1O. The predicted molar refractivity (Wildman–Crippen MR) is 166 cm³/mol. The highest BCUT2D eigenvalue weighted by atomic mass is 19.1. The number of aryl methyl sites for hydroxylation is 1. The molecule has 5 rings (SSSR count). The minimum absolute atomic E-state index is 0.147. The monoisotopic (exact) mass is 605 g/mol. The van der Waals surface area contributed by atoms with Gasteiger partial charge in [-0.2, -0.15) is 5.10 Å². The van der Waals surface area contributed by atoms with Gasteiger partial charge < -0.3 is 20.1 Å². The minimum Gasteiger partial charge on any atom is -0.507 e. The molecule has 3 N–H and O–H groups in total. The lowest BCUT2D eigenvalue weighted by Gasteiger charge is -2.14. The summed E-state index contributed by atoms with van der Waals surface area (Å²) in [6.07, 6.45) is 0.648. The zero-order valence-electron chi connectivity index (χ0n) is 25.6. The van der Waals surface area contributed by atoms with E-state index in [4.69, 9.17) is 15.2 Å². The number of nitrogens with zero attached hydrogens (tertiary/aromatic N) is 3. The van der Waals surface area contributed by atoms with Gasteiger partial charge in [-0.1, -0.05) is 25.1 Å². The molecule has 0 fully saturated rings. The lowest BCUT2D eigenvalue weighted by atomic mass is 10.0. The first-order chi connectivity index (χ1) is 20.8. The Kier molecular flexibility index (Phi) is 11.1. The van der Waals surface area contributed by atoms with Crippen LogP contribution in [-0.2, 0) is 16.0 Å². The van der Waals surface area contributed by atoms with Gasteiger partial charge in [-0.05, 0) is 82.5 Å². The Morgan fingerprint density at radius 3 is 1.95 bits per heavy atom. The average Bonchev–Trinajstić information content (AvgIpc) is 3.36. The molecule has 0 amide bonds. The Morgan fingerprint density at radius 1 is 0.886 bits per heavy atom. The van der Waals surface area contributed by atoms with Gasteiger partial charge >= 0.3 is 0 Å². The number of carbonyl (C=O) groups is 1. The Bertz CT molecular complexity index is 1740. The van der Waals surface area contributed by atoms with E-state index in [1.54, 1.807) is 32.2 Å². The van der Waals surface area contributed by atoms with E-state index in [-0.39, 0.29) is 11.5 Å². The van der Waals surface area contributed by atoms with Crippen molar-refractivity contribution in [3.05, 3.63) is 89.6 Å².